The van der Waals surface area contributed by atoms with Crippen molar-refractivity contribution >= 4 is 17.3 Å². The number of rotatable bonds is 5. The molecule has 0 radical (unpaired) electrons. The lowest BCUT2D eigenvalue weighted by Gasteiger charge is -2.09. The van der Waals surface area contributed by atoms with Crippen LogP contribution < -0.4 is 5.32 Å². The van der Waals surface area contributed by atoms with E-state index in [9.17, 15) is 0 Å². The number of hydrogen-bond donors (Lipinski definition) is 1. The van der Waals surface area contributed by atoms with Crippen molar-refractivity contribution in [3.63, 3.8) is 0 Å². The van der Waals surface area contributed by atoms with Crippen molar-refractivity contribution in [2.24, 2.45) is 0 Å². The minimum atomic E-state index is 0.831. The second-order valence-corrected chi connectivity index (χ2v) is 5.04. The van der Waals surface area contributed by atoms with Crippen LogP contribution in [0.15, 0.2) is 54.3 Å². The van der Waals surface area contributed by atoms with Gasteiger partial charge in [-0.3, -0.25) is 4.57 Å². The number of nitrogens with zero attached hydrogens (tertiary/aromatic N) is 3. The quantitative estimate of drug-likeness (QED) is 0.775. The zero-order valence-corrected chi connectivity index (χ0v) is 11.2. The second kappa shape index (κ2) is 5.67. The Morgan fingerprint density at radius 2 is 2.00 bits per heavy atom. The van der Waals surface area contributed by atoms with Gasteiger partial charge >= 0.3 is 0 Å². The molecule has 2 aromatic heterocycles. The lowest BCUT2D eigenvalue weighted by molar-refractivity contribution is 0.952. The van der Waals surface area contributed by atoms with Gasteiger partial charge in [-0.05, 0) is 12.1 Å². The second-order valence-electron chi connectivity index (χ2n) is 4.06. The van der Waals surface area contributed by atoms with Gasteiger partial charge in [0.1, 0.15) is 0 Å². The van der Waals surface area contributed by atoms with Crippen molar-refractivity contribution < 1.29 is 0 Å². The molecule has 2 heterocycles. The molecular formula is C14H14N4S. The highest BCUT2D eigenvalue weighted by molar-refractivity contribution is 7.09. The zero-order chi connectivity index (χ0) is 12.9. The molecule has 3 aromatic rings. The smallest absolute Gasteiger partial charge is 0.207 e. The van der Waals surface area contributed by atoms with Crippen molar-refractivity contribution in [2.75, 3.05) is 11.9 Å². The number of hydrogen-bond acceptors (Lipinski definition) is 4. The fourth-order valence-corrected chi connectivity index (χ4v) is 2.51. The van der Waals surface area contributed by atoms with Crippen LogP contribution in [0.5, 0.6) is 0 Å². The molecule has 0 bridgehead atoms. The Morgan fingerprint density at radius 3 is 2.79 bits per heavy atom. The van der Waals surface area contributed by atoms with Gasteiger partial charge in [-0.25, -0.2) is 9.97 Å². The van der Waals surface area contributed by atoms with Gasteiger partial charge in [-0.2, -0.15) is 0 Å². The van der Waals surface area contributed by atoms with E-state index in [1.54, 1.807) is 17.5 Å². The molecule has 1 N–H and O–H groups in total. The molecule has 0 unspecified atom stereocenters. The van der Waals surface area contributed by atoms with Crippen molar-refractivity contribution in [1.82, 2.24) is 14.5 Å². The van der Waals surface area contributed by atoms with E-state index < -0.39 is 0 Å². The van der Waals surface area contributed by atoms with Gasteiger partial charge in [-0.15, -0.1) is 11.3 Å². The molecule has 0 aliphatic heterocycles. The van der Waals surface area contributed by atoms with Crippen molar-refractivity contribution in [1.29, 1.82) is 0 Å². The summed E-state index contributed by atoms with van der Waals surface area (Å²) in [4.78, 5) is 8.61. The van der Waals surface area contributed by atoms with Crippen LogP contribution in [-0.2, 0) is 6.42 Å². The van der Waals surface area contributed by atoms with E-state index in [1.807, 2.05) is 40.5 Å². The third-order valence-corrected chi connectivity index (χ3v) is 3.62. The third kappa shape index (κ3) is 2.82. The zero-order valence-electron chi connectivity index (χ0n) is 10.4. The molecule has 0 saturated heterocycles. The Labute approximate surface area is 115 Å². The van der Waals surface area contributed by atoms with Gasteiger partial charge in [0.25, 0.3) is 0 Å². The molecule has 19 heavy (non-hydrogen) atoms. The van der Waals surface area contributed by atoms with Crippen LogP contribution >= 0.6 is 11.3 Å². The predicted octanol–water partition coefficient (Wildman–Crippen LogP) is 2.98. The lowest BCUT2D eigenvalue weighted by atomic mass is 10.3. The summed E-state index contributed by atoms with van der Waals surface area (Å²) < 4.78 is 2.04. The molecule has 0 aliphatic rings. The summed E-state index contributed by atoms with van der Waals surface area (Å²) in [6.45, 7) is 0.831. The summed E-state index contributed by atoms with van der Waals surface area (Å²) in [5, 5.41) is 6.49. The standard InChI is InChI=1S/C14H14N4S/c1-2-4-12(5-3-1)18-10-8-17-14(18)16-7-6-13-15-9-11-19-13/h1-5,8-11H,6-7H2,(H,16,17). The Bertz CT molecular complexity index is 616. The summed E-state index contributed by atoms with van der Waals surface area (Å²) in [6.07, 6.45) is 6.52. The first-order valence-electron chi connectivity index (χ1n) is 6.14. The van der Waals surface area contributed by atoms with Crippen LogP contribution in [0.1, 0.15) is 5.01 Å². The van der Waals surface area contributed by atoms with Crippen LogP contribution in [0.3, 0.4) is 0 Å². The first-order chi connectivity index (χ1) is 9.43. The van der Waals surface area contributed by atoms with Crippen LogP contribution in [0, 0.1) is 0 Å². The Hall–Kier alpha value is -2.14. The summed E-state index contributed by atoms with van der Waals surface area (Å²) in [5.74, 6) is 0.864. The maximum atomic E-state index is 4.35. The maximum Gasteiger partial charge on any atom is 0.207 e. The van der Waals surface area contributed by atoms with E-state index in [1.165, 1.54) is 0 Å². The highest BCUT2D eigenvalue weighted by Crippen LogP contribution is 2.14. The highest BCUT2D eigenvalue weighted by Gasteiger charge is 2.04. The summed E-state index contributed by atoms with van der Waals surface area (Å²) in [5.41, 5.74) is 1.11. The van der Waals surface area contributed by atoms with Crippen LogP contribution in [0.4, 0.5) is 5.95 Å². The van der Waals surface area contributed by atoms with E-state index >= 15 is 0 Å². The first-order valence-corrected chi connectivity index (χ1v) is 7.02. The minimum absolute atomic E-state index is 0.831. The first kappa shape index (κ1) is 11.9. The van der Waals surface area contributed by atoms with Crippen molar-refractivity contribution in [2.45, 2.75) is 6.42 Å². The highest BCUT2D eigenvalue weighted by atomic mass is 32.1. The molecule has 0 saturated carbocycles. The summed E-state index contributed by atoms with van der Waals surface area (Å²) in [6, 6.07) is 10.2. The van der Waals surface area contributed by atoms with E-state index in [2.05, 4.69) is 27.4 Å². The van der Waals surface area contributed by atoms with Gasteiger partial charge in [0.05, 0.1) is 5.01 Å². The summed E-state index contributed by atoms with van der Waals surface area (Å²) in [7, 11) is 0. The topological polar surface area (TPSA) is 42.7 Å². The lowest BCUT2D eigenvalue weighted by Crippen LogP contribution is -2.09. The molecule has 3 rings (SSSR count). The summed E-state index contributed by atoms with van der Waals surface area (Å²) >= 11 is 1.68. The molecule has 0 atom stereocenters. The van der Waals surface area contributed by atoms with Gasteiger partial charge in [0.2, 0.25) is 5.95 Å². The number of nitrogens with one attached hydrogen (secondary N) is 1. The van der Waals surface area contributed by atoms with Gasteiger partial charge in [0, 0.05) is 42.6 Å². The SMILES string of the molecule is c1ccc(-n2ccnc2NCCc2nccs2)cc1. The molecule has 0 fully saturated rings. The maximum absolute atomic E-state index is 4.35. The number of para-hydroxylation sites is 1. The third-order valence-electron chi connectivity index (χ3n) is 2.78. The molecule has 0 amide bonds. The van der Waals surface area contributed by atoms with E-state index in [0.717, 1.165) is 29.6 Å². The van der Waals surface area contributed by atoms with E-state index in [4.69, 9.17) is 0 Å². The van der Waals surface area contributed by atoms with Crippen LogP contribution in [0.25, 0.3) is 5.69 Å². The average Bonchev–Trinajstić information content (AvgIpc) is 3.11. The number of aromatic nitrogens is 3. The van der Waals surface area contributed by atoms with Gasteiger partial charge in [0.15, 0.2) is 0 Å². The van der Waals surface area contributed by atoms with Gasteiger partial charge < -0.3 is 5.32 Å². The number of imidazole rings is 1. The number of benzene rings is 1. The van der Waals surface area contributed by atoms with Crippen molar-refractivity contribution in [3.05, 3.63) is 59.3 Å². The average molecular weight is 270 g/mol. The van der Waals surface area contributed by atoms with E-state index in [0.29, 0.717) is 0 Å². The normalized spacial score (nSPS) is 10.5. The molecule has 1 aromatic carbocycles. The Morgan fingerprint density at radius 1 is 1.11 bits per heavy atom. The molecular weight excluding hydrogens is 256 g/mol. The molecule has 0 spiro atoms. The fraction of sp³-hybridized carbons (Fsp3) is 0.143. The van der Waals surface area contributed by atoms with Crippen LogP contribution in [0.2, 0.25) is 0 Å². The van der Waals surface area contributed by atoms with Crippen molar-refractivity contribution in [3.8, 4) is 5.69 Å². The molecule has 4 nitrogen and oxygen atoms in total. The van der Waals surface area contributed by atoms with E-state index in [-0.39, 0.29) is 0 Å². The Kier molecular flexibility index (Phi) is 3.56. The van der Waals surface area contributed by atoms with Gasteiger partial charge in [-0.1, -0.05) is 18.2 Å². The monoisotopic (exact) mass is 270 g/mol. The molecule has 5 heteroatoms. The fourth-order valence-electron chi connectivity index (χ4n) is 1.89. The van der Waals surface area contributed by atoms with Crippen LogP contribution in [-0.4, -0.2) is 21.1 Å². The molecule has 0 aliphatic carbocycles. The molecule has 96 valence electrons. The number of anilines is 1. The Balaban J connectivity index is 1.67. The number of thiazole rings is 1. The predicted molar refractivity (Wildman–Crippen MR) is 77.9 cm³/mol. The minimum Gasteiger partial charge on any atom is -0.355 e. The largest absolute Gasteiger partial charge is 0.355 e.